The fraction of sp³-hybridized carbons (Fsp3) is 0.524. The lowest BCUT2D eigenvalue weighted by molar-refractivity contribution is -0.113. The van der Waals surface area contributed by atoms with Gasteiger partial charge in [-0.25, -0.2) is 4.79 Å². The largest absolute Gasteiger partial charge is 0.444 e. The van der Waals surface area contributed by atoms with Crippen molar-refractivity contribution in [2.45, 2.75) is 57.9 Å². The van der Waals surface area contributed by atoms with Crippen molar-refractivity contribution < 1.29 is 18.7 Å². The number of carbonyl (C=O) groups is 2. The van der Waals surface area contributed by atoms with Crippen molar-refractivity contribution in [1.29, 1.82) is 0 Å². The number of aryl methyl sites for hydroxylation is 2. The number of anilines is 1. The molecule has 1 heterocycles. The Morgan fingerprint density at radius 3 is 2.61 bits per heavy atom. The first-order valence-electron chi connectivity index (χ1n) is 9.89. The molecule has 1 atom stereocenters. The van der Waals surface area contributed by atoms with Crippen LogP contribution in [0.3, 0.4) is 0 Å². The molecule has 0 fully saturated rings. The quantitative estimate of drug-likeness (QED) is 0.511. The lowest BCUT2D eigenvalue weighted by Crippen LogP contribution is -2.35. The topological polar surface area (TPSA) is 106 Å². The minimum Gasteiger partial charge on any atom is -0.444 e. The first kappa shape index (κ1) is 25.1. The van der Waals surface area contributed by atoms with Crippen molar-refractivity contribution in [3.63, 3.8) is 0 Å². The molecule has 1 aromatic heterocycles. The summed E-state index contributed by atoms with van der Waals surface area (Å²) in [7, 11) is 0. The summed E-state index contributed by atoms with van der Waals surface area (Å²) >= 11 is 2.79. The number of carbonyl (C=O) groups excluding carboxylic acids is 2. The number of thioether (sulfide) groups is 2. The van der Waals surface area contributed by atoms with Gasteiger partial charge in [-0.15, -0.1) is 10.2 Å². The lowest BCUT2D eigenvalue weighted by Gasteiger charge is -2.22. The third kappa shape index (κ3) is 8.82. The van der Waals surface area contributed by atoms with Gasteiger partial charge in [-0.2, -0.15) is 11.8 Å². The zero-order valence-corrected chi connectivity index (χ0v) is 20.4. The minimum absolute atomic E-state index is 0.129. The molecule has 0 saturated heterocycles. The highest BCUT2D eigenvalue weighted by molar-refractivity contribution is 7.99. The van der Waals surface area contributed by atoms with Crippen molar-refractivity contribution in [2.75, 3.05) is 23.1 Å². The molecule has 8 nitrogen and oxygen atoms in total. The number of benzene rings is 1. The van der Waals surface area contributed by atoms with E-state index in [1.807, 2.05) is 38.3 Å². The van der Waals surface area contributed by atoms with E-state index >= 15 is 0 Å². The third-order valence-electron chi connectivity index (χ3n) is 4.00. The Balaban J connectivity index is 1.95. The Labute approximate surface area is 191 Å². The maximum atomic E-state index is 12.3. The molecule has 31 heavy (non-hydrogen) atoms. The van der Waals surface area contributed by atoms with E-state index in [9.17, 15) is 9.59 Å². The summed E-state index contributed by atoms with van der Waals surface area (Å²) in [6.07, 6.45) is 2.05. The number of alkyl carbamates (subject to hydrolysis) is 1. The number of nitrogens with zero attached hydrogens (tertiary/aromatic N) is 2. The summed E-state index contributed by atoms with van der Waals surface area (Å²) in [5, 5.41) is 14.0. The van der Waals surface area contributed by atoms with Gasteiger partial charge in [0.2, 0.25) is 11.8 Å². The number of amides is 2. The van der Waals surface area contributed by atoms with Gasteiger partial charge in [0.15, 0.2) is 0 Å². The summed E-state index contributed by atoms with van der Waals surface area (Å²) in [4.78, 5) is 24.4. The number of aromatic nitrogens is 2. The fourth-order valence-corrected chi connectivity index (χ4v) is 3.67. The van der Waals surface area contributed by atoms with E-state index in [-0.39, 0.29) is 22.8 Å². The van der Waals surface area contributed by atoms with E-state index in [0.29, 0.717) is 6.42 Å². The zero-order chi connectivity index (χ0) is 23.0. The molecule has 0 spiro atoms. The molecule has 2 rings (SSSR count). The predicted molar refractivity (Wildman–Crippen MR) is 125 cm³/mol. The molecule has 10 heteroatoms. The molecule has 1 aromatic carbocycles. The molecule has 2 N–H and O–H groups in total. The fourth-order valence-electron chi connectivity index (χ4n) is 2.63. The molecule has 0 aliphatic rings. The van der Waals surface area contributed by atoms with Gasteiger partial charge in [0.05, 0.1) is 5.75 Å². The van der Waals surface area contributed by atoms with Crippen LogP contribution in [0.4, 0.5) is 10.5 Å². The summed E-state index contributed by atoms with van der Waals surface area (Å²) in [5.74, 6) is 1.05. The number of rotatable bonds is 9. The van der Waals surface area contributed by atoms with E-state index in [1.54, 1.807) is 32.5 Å². The number of hydrogen-bond acceptors (Lipinski definition) is 8. The van der Waals surface area contributed by atoms with E-state index in [4.69, 9.17) is 9.15 Å². The highest BCUT2D eigenvalue weighted by Gasteiger charge is 2.24. The Kier molecular flexibility index (Phi) is 9.24. The van der Waals surface area contributed by atoms with Gasteiger partial charge in [0.25, 0.3) is 5.22 Å². The molecular formula is C21H30N4O4S2. The minimum atomic E-state index is -0.604. The van der Waals surface area contributed by atoms with Crippen molar-refractivity contribution in [3.8, 4) is 0 Å². The first-order chi connectivity index (χ1) is 14.6. The standard InChI is InChI=1S/C21H30N4O4S2/c1-13-7-8-15(14(2)11-13)22-17(26)12-31-20-25-24-18(28-20)16(9-10-30-6)23-19(27)29-21(3,4)5/h7-8,11,16H,9-10,12H2,1-6H3,(H,22,26)(H,23,27)/t16-/m1/s1. The van der Waals surface area contributed by atoms with E-state index in [1.165, 1.54) is 0 Å². The summed E-state index contributed by atoms with van der Waals surface area (Å²) in [6, 6.07) is 5.39. The van der Waals surface area contributed by atoms with Crippen LogP contribution in [-0.4, -0.2) is 45.6 Å². The second-order valence-corrected chi connectivity index (χ2v) is 9.95. The van der Waals surface area contributed by atoms with Crippen LogP contribution in [0.2, 0.25) is 0 Å². The maximum Gasteiger partial charge on any atom is 0.408 e. The van der Waals surface area contributed by atoms with Crippen LogP contribution in [0.1, 0.15) is 50.3 Å². The van der Waals surface area contributed by atoms with Gasteiger partial charge < -0.3 is 19.8 Å². The van der Waals surface area contributed by atoms with Crippen LogP contribution in [0, 0.1) is 13.8 Å². The van der Waals surface area contributed by atoms with Crippen molar-refractivity contribution >= 4 is 41.2 Å². The molecule has 0 saturated carbocycles. The molecule has 0 bridgehead atoms. The van der Waals surface area contributed by atoms with Crippen molar-refractivity contribution in [1.82, 2.24) is 15.5 Å². The van der Waals surface area contributed by atoms with E-state index in [0.717, 1.165) is 34.3 Å². The average molecular weight is 467 g/mol. The molecule has 2 amide bonds. The van der Waals surface area contributed by atoms with Crippen molar-refractivity contribution in [3.05, 3.63) is 35.2 Å². The molecule has 2 aromatic rings. The van der Waals surface area contributed by atoms with Crippen LogP contribution in [-0.2, 0) is 9.53 Å². The third-order valence-corrected chi connectivity index (χ3v) is 5.47. The molecule has 0 aliphatic heterocycles. The summed E-state index contributed by atoms with van der Waals surface area (Å²) < 4.78 is 11.0. The van der Waals surface area contributed by atoms with Gasteiger partial charge in [-0.05, 0) is 64.7 Å². The van der Waals surface area contributed by atoms with Gasteiger partial charge in [0.1, 0.15) is 11.6 Å². The first-order valence-corrected chi connectivity index (χ1v) is 12.3. The van der Waals surface area contributed by atoms with Crippen molar-refractivity contribution in [2.24, 2.45) is 0 Å². The number of ether oxygens (including phenoxy) is 1. The number of hydrogen-bond donors (Lipinski definition) is 2. The van der Waals surface area contributed by atoms with E-state index in [2.05, 4.69) is 20.8 Å². The van der Waals surface area contributed by atoms with Gasteiger partial charge in [0, 0.05) is 5.69 Å². The second-order valence-electron chi connectivity index (χ2n) is 8.04. The highest BCUT2D eigenvalue weighted by Crippen LogP contribution is 2.24. The second kappa shape index (κ2) is 11.4. The summed E-state index contributed by atoms with van der Waals surface area (Å²) in [5.41, 5.74) is 2.32. The molecule has 170 valence electrons. The monoisotopic (exact) mass is 466 g/mol. The normalized spacial score (nSPS) is 12.3. The Morgan fingerprint density at radius 1 is 1.23 bits per heavy atom. The maximum absolute atomic E-state index is 12.3. The van der Waals surface area contributed by atoms with Crippen LogP contribution in [0.25, 0.3) is 0 Å². The van der Waals surface area contributed by atoms with Crippen LogP contribution in [0.15, 0.2) is 27.8 Å². The van der Waals surface area contributed by atoms with E-state index < -0.39 is 17.7 Å². The Bertz CT molecular complexity index is 896. The zero-order valence-electron chi connectivity index (χ0n) is 18.8. The molecule has 0 unspecified atom stereocenters. The molecular weight excluding hydrogens is 436 g/mol. The average Bonchev–Trinajstić information content (AvgIpc) is 3.13. The Morgan fingerprint density at radius 2 is 1.97 bits per heavy atom. The highest BCUT2D eigenvalue weighted by atomic mass is 32.2. The van der Waals surface area contributed by atoms with Gasteiger partial charge in [-0.3, -0.25) is 4.79 Å². The van der Waals surface area contributed by atoms with Crippen LogP contribution >= 0.6 is 23.5 Å². The number of nitrogens with one attached hydrogen (secondary N) is 2. The molecule has 0 aliphatic carbocycles. The smallest absolute Gasteiger partial charge is 0.408 e. The lowest BCUT2D eigenvalue weighted by atomic mass is 10.1. The van der Waals surface area contributed by atoms with Gasteiger partial charge in [-0.1, -0.05) is 29.5 Å². The van der Waals surface area contributed by atoms with Gasteiger partial charge >= 0.3 is 6.09 Å². The van der Waals surface area contributed by atoms with Crippen LogP contribution < -0.4 is 10.6 Å². The Hall–Kier alpha value is -2.20. The van der Waals surface area contributed by atoms with Crippen LogP contribution in [0.5, 0.6) is 0 Å². The summed E-state index contributed by atoms with van der Waals surface area (Å²) in [6.45, 7) is 9.36. The molecule has 0 radical (unpaired) electrons. The SMILES string of the molecule is CSCC[C@@H](NC(=O)OC(C)(C)C)c1nnc(SCC(=O)Nc2ccc(C)cc2C)o1. The predicted octanol–water partition coefficient (Wildman–Crippen LogP) is 4.74.